The van der Waals surface area contributed by atoms with Gasteiger partial charge < -0.3 is 9.88 Å². The molecule has 2 aromatic rings. The molecule has 0 spiro atoms. The fraction of sp³-hybridized carbons (Fsp3) is 0.438. The smallest absolute Gasteiger partial charge is 0.253 e. The van der Waals surface area contributed by atoms with Crippen LogP contribution < -0.4 is 5.32 Å². The number of carbonyl (C=O) groups is 1. The number of nitrogens with one attached hydrogen (secondary N) is 2. The molecule has 0 saturated carbocycles. The maximum absolute atomic E-state index is 12.6. The predicted molar refractivity (Wildman–Crippen MR) is 99.2 cm³/mol. The average molecular weight is 387 g/mol. The lowest BCUT2D eigenvalue weighted by atomic mass is 10.0. The van der Waals surface area contributed by atoms with Crippen LogP contribution in [-0.2, 0) is 6.54 Å². The SMILES string of the molecule is CCn1c([C@H](CC(C)C)NC(=O)c2ccc(Cl)cc2Cl)n[nH]c1=S. The van der Waals surface area contributed by atoms with Gasteiger partial charge in [-0.2, -0.15) is 5.10 Å². The van der Waals surface area contributed by atoms with Gasteiger partial charge in [0.1, 0.15) is 0 Å². The molecule has 0 aliphatic rings. The Morgan fingerprint density at radius 3 is 2.71 bits per heavy atom. The van der Waals surface area contributed by atoms with E-state index in [1.54, 1.807) is 18.2 Å². The Kier molecular flexibility index (Phi) is 6.43. The quantitative estimate of drug-likeness (QED) is 0.701. The maximum Gasteiger partial charge on any atom is 0.253 e. The summed E-state index contributed by atoms with van der Waals surface area (Å²) in [4.78, 5) is 12.6. The lowest BCUT2D eigenvalue weighted by Gasteiger charge is -2.21. The van der Waals surface area contributed by atoms with E-state index in [0.29, 0.717) is 32.8 Å². The summed E-state index contributed by atoms with van der Waals surface area (Å²) in [6.45, 7) is 6.84. The van der Waals surface area contributed by atoms with Gasteiger partial charge in [-0.3, -0.25) is 9.89 Å². The second-order valence-corrected chi connectivity index (χ2v) is 7.14. The molecular weight excluding hydrogens is 367 g/mol. The molecule has 5 nitrogen and oxygen atoms in total. The van der Waals surface area contributed by atoms with E-state index in [1.807, 2.05) is 11.5 Å². The first kappa shape index (κ1) is 19.0. The van der Waals surface area contributed by atoms with Crippen LogP contribution in [0.2, 0.25) is 10.0 Å². The van der Waals surface area contributed by atoms with Crippen LogP contribution in [0.25, 0.3) is 0 Å². The Morgan fingerprint density at radius 1 is 1.42 bits per heavy atom. The number of aromatic amines is 1. The first-order chi connectivity index (χ1) is 11.3. The zero-order chi connectivity index (χ0) is 17.9. The van der Waals surface area contributed by atoms with Gasteiger partial charge in [-0.05, 0) is 49.7 Å². The first-order valence-electron chi connectivity index (χ1n) is 7.74. The lowest BCUT2D eigenvalue weighted by molar-refractivity contribution is 0.0929. The molecule has 0 radical (unpaired) electrons. The lowest BCUT2D eigenvalue weighted by Crippen LogP contribution is -2.31. The Labute approximate surface area is 156 Å². The number of rotatable bonds is 6. The number of hydrogen-bond donors (Lipinski definition) is 2. The van der Waals surface area contributed by atoms with Gasteiger partial charge in [0.25, 0.3) is 5.91 Å². The number of benzene rings is 1. The summed E-state index contributed by atoms with van der Waals surface area (Å²) in [6.07, 6.45) is 0.733. The molecule has 130 valence electrons. The van der Waals surface area contributed by atoms with E-state index in [-0.39, 0.29) is 11.9 Å². The largest absolute Gasteiger partial charge is 0.342 e. The Bertz CT molecular complexity index is 785. The van der Waals surface area contributed by atoms with E-state index in [4.69, 9.17) is 35.4 Å². The standard InChI is InChI=1S/C16H20Cl2N4OS/c1-4-22-14(20-21-16(22)24)13(7-9(2)3)19-15(23)11-6-5-10(17)8-12(11)18/h5-6,8-9,13H,4,7H2,1-3H3,(H,19,23)(H,21,24)/t13-/m0/s1. The molecule has 2 N–H and O–H groups in total. The van der Waals surface area contributed by atoms with E-state index >= 15 is 0 Å². The van der Waals surface area contributed by atoms with Gasteiger partial charge in [0.2, 0.25) is 0 Å². The van der Waals surface area contributed by atoms with Crippen LogP contribution in [0.3, 0.4) is 0 Å². The van der Waals surface area contributed by atoms with E-state index < -0.39 is 0 Å². The van der Waals surface area contributed by atoms with Crippen LogP contribution in [0.1, 0.15) is 49.4 Å². The summed E-state index contributed by atoms with van der Waals surface area (Å²) < 4.78 is 2.42. The molecule has 0 aliphatic heterocycles. The molecule has 1 aromatic heterocycles. The minimum absolute atomic E-state index is 0.265. The number of halogens is 2. The molecule has 0 saturated heterocycles. The summed E-state index contributed by atoms with van der Waals surface area (Å²) >= 11 is 17.3. The zero-order valence-electron chi connectivity index (χ0n) is 13.8. The molecular formula is C16H20Cl2N4OS. The minimum Gasteiger partial charge on any atom is -0.342 e. The van der Waals surface area contributed by atoms with Gasteiger partial charge >= 0.3 is 0 Å². The van der Waals surface area contributed by atoms with Crippen LogP contribution in [0, 0.1) is 10.7 Å². The van der Waals surface area contributed by atoms with Gasteiger partial charge in [0.05, 0.1) is 16.6 Å². The second kappa shape index (κ2) is 8.14. The van der Waals surface area contributed by atoms with Crippen LogP contribution in [0.5, 0.6) is 0 Å². The van der Waals surface area contributed by atoms with Crippen molar-refractivity contribution in [2.45, 2.75) is 39.8 Å². The predicted octanol–water partition coefficient (Wildman–Crippen LogP) is 4.78. The molecule has 1 aromatic carbocycles. The van der Waals surface area contributed by atoms with Crippen molar-refractivity contribution in [2.75, 3.05) is 0 Å². The summed E-state index contributed by atoms with van der Waals surface area (Å²) in [5.41, 5.74) is 0.381. The number of H-pyrrole nitrogens is 1. The number of aromatic nitrogens is 3. The molecule has 8 heteroatoms. The summed E-state index contributed by atoms with van der Waals surface area (Å²) in [5, 5.41) is 10.9. The highest BCUT2D eigenvalue weighted by Gasteiger charge is 2.23. The van der Waals surface area contributed by atoms with Crippen molar-refractivity contribution in [1.29, 1.82) is 0 Å². The minimum atomic E-state index is -0.267. The topological polar surface area (TPSA) is 62.7 Å². The van der Waals surface area contributed by atoms with Crippen molar-refractivity contribution in [3.05, 3.63) is 44.4 Å². The molecule has 1 heterocycles. The van der Waals surface area contributed by atoms with E-state index in [2.05, 4.69) is 29.4 Å². The normalized spacial score (nSPS) is 12.4. The molecule has 1 amide bonds. The second-order valence-electron chi connectivity index (χ2n) is 5.91. The van der Waals surface area contributed by atoms with Crippen LogP contribution >= 0.6 is 35.4 Å². The highest BCUT2D eigenvalue weighted by Crippen LogP contribution is 2.24. The molecule has 1 atom stereocenters. The first-order valence-corrected chi connectivity index (χ1v) is 8.90. The van der Waals surface area contributed by atoms with E-state index in [1.165, 1.54) is 0 Å². The zero-order valence-corrected chi connectivity index (χ0v) is 16.1. The fourth-order valence-electron chi connectivity index (χ4n) is 2.51. The summed E-state index contributed by atoms with van der Waals surface area (Å²) in [5.74, 6) is 0.820. The Morgan fingerprint density at radius 2 is 2.12 bits per heavy atom. The third kappa shape index (κ3) is 4.37. The Balaban J connectivity index is 2.32. The Hall–Kier alpha value is -1.37. The van der Waals surface area contributed by atoms with Crippen molar-refractivity contribution in [3.63, 3.8) is 0 Å². The molecule has 0 fully saturated rings. The number of hydrogen-bond acceptors (Lipinski definition) is 3. The number of amides is 1. The third-order valence-corrected chi connectivity index (χ3v) is 4.46. The van der Waals surface area contributed by atoms with Crippen molar-refractivity contribution >= 4 is 41.3 Å². The molecule has 0 aliphatic carbocycles. The fourth-order valence-corrected chi connectivity index (χ4v) is 3.27. The van der Waals surface area contributed by atoms with Crippen LogP contribution in [0.4, 0.5) is 0 Å². The van der Waals surface area contributed by atoms with Gasteiger partial charge in [-0.15, -0.1) is 0 Å². The van der Waals surface area contributed by atoms with E-state index in [0.717, 1.165) is 12.2 Å². The van der Waals surface area contributed by atoms with Gasteiger partial charge in [-0.1, -0.05) is 37.0 Å². The van der Waals surface area contributed by atoms with Crippen LogP contribution in [-0.4, -0.2) is 20.7 Å². The van der Waals surface area contributed by atoms with Crippen molar-refractivity contribution in [3.8, 4) is 0 Å². The summed E-state index contributed by atoms with van der Waals surface area (Å²) in [7, 11) is 0. The highest BCUT2D eigenvalue weighted by atomic mass is 35.5. The average Bonchev–Trinajstić information content (AvgIpc) is 2.86. The molecule has 0 bridgehead atoms. The van der Waals surface area contributed by atoms with E-state index in [9.17, 15) is 4.79 Å². The van der Waals surface area contributed by atoms with Gasteiger partial charge in [0, 0.05) is 11.6 Å². The monoisotopic (exact) mass is 386 g/mol. The highest BCUT2D eigenvalue weighted by molar-refractivity contribution is 7.71. The van der Waals surface area contributed by atoms with Crippen molar-refractivity contribution in [1.82, 2.24) is 20.1 Å². The maximum atomic E-state index is 12.6. The molecule has 24 heavy (non-hydrogen) atoms. The van der Waals surface area contributed by atoms with Crippen LogP contribution in [0.15, 0.2) is 18.2 Å². The number of nitrogens with zero attached hydrogens (tertiary/aromatic N) is 2. The molecule has 0 unspecified atom stereocenters. The van der Waals surface area contributed by atoms with Crippen molar-refractivity contribution in [2.24, 2.45) is 5.92 Å². The molecule has 2 rings (SSSR count). The third-order valence-electron chi connectivity index (χ3n) is 3.60. The van der Waals surface area contributed by atoms with Gasteiger partial charge in [0.15, 0.2) is 10.6 Å². The number of carbonyl (C=O) groups excluding carboxylic acids is 1. The van der Waals surface area contributed by atoms with Crippen molar-refractivity contribution < 1.29 is 4.79 Å². The van der Waals surface area contributed by atoms with Gasteiger partial charge in [-0.25, -0.2) is 0 Å². The summed E-state index contributed by atoms with van der Waals surface area (Å²) in [6, 6.07) is 4.54.